The van der Waals surface area contributed by atoms with Crippen molar-refractivity contribution in [2.24, 2.45) is 0 Å². The van der Waals surface area contributed by atoms with Crippen LogP contribution in [0.1, 0.15) is 21.6 Å². The summed E-state index contributed by atoms with van der Waals surface area (Å²) in [4.78, 5) is 12.6. The van der Waals surface area contributed by atoms with E-state index in [1.165, 1.54) is 0 Å². The molecular formula is C22H20BrNO. The van der Waals surface area contributed by atoms with Crippen LogP contribution >= 0.6 is 0 Å². The monoisotopic (exact) mass is 393 g/mol. The molecule has 0 N–H and O–H groups in total. The summed E-state index contributed by atoms with van der Waals surface area (Å²) in [6, 6.07) is 25.6. The molecule has 0 aliphatic carbocycles. The number of benzene rings is 2. The molecule has 0 radical (unpaired) electrons. The number of carbonyl (C=O) groups is 1. The van der Waals surface area contributed by atoms with Gasteiger partial charge in [-0.05, 0) is 11.6 Å². The van der Waals surface area contributed by atoms with Crippen molar-refractivity contribution >= 4 is 11.4 Å². The molecule has 25 heavy (non-hydrogen) atoms. The molecule has 1 aromatic heterocycles. The first-order valence-electron chi connectivity index (χ1n) is 8.04. The Morgan fingerprint density at radius 2 is 1.40 bits per heavy atom. The Kier molecular flexibility index (Phi) is 6.84. The van der Waals surface area contributed by atoms with Crippen molar-refractivity contribution in [2.45, 2.75) is 13.5 Å². The summed E-state index contributed by atoms with van der Waals surface area (Å²) >= 11 is 0. The summed E-state index contributed by atoms with van der Waals surface area (Å²) in [5.74, 6) is 0.0311. The molecule has 126 valence electrons. The number of pyridine rings is 1. The van der Waals surface area contributed by atoms with Gasteiger partial charge in [0.1, 0.15) is 0 Å². The highest BCUT2D eigenvalue weighted by Gasteiger charge is 2.13. The normalized spacial score (nSPS) is 10.8. The molecule has 0 aliphatic rings. The third kappa shape index (κ3) is 4.97. The molecule has 0 bridgehead atoms. The quantitative estimate of drug-likeness (QED) is 0.363. The second-order valence-corrected chi connectivity index (χ2v) is 5.74. The summed E-state index contributed by atoms with van der Waals surface area (Å²) in [6.07, 6.45) is 3.79. The predicted octanol–water partition coefficient (Wildman–Crippen LogP) is 1.25. The Morgan fingerprint density at radius 1 is 0.840 bits per heavy atom. The van der Waals surface area contributed by atoms with E-state index < -0.39 is 0 Å². The smallest absolute Gasteiger partial charge is 0.186 e. The number of rotatable bonds is 5. The van der Waals surface area contributed by atoms with Crippen LogP contribution in [0.4, 0.5) is 0 Å². The fourth-order valence-electron chi connectivity index (χ4n) is 2.64. The van der Waals surface area contributed by atoms with Crippen LogP contribution in [0, 0.1) is 6.92 Å². The Labute approximate surface area is 159 Å². The first-order valence-corrected chi connectivity index (χ1v) is 8.04. The van der Waals surface area contributed by atoms with Crippen LogP contribution in [0.15, 0.2) is 91.1 Å². The molecule has 2 aromatic carbocycles. The first-order chi connectivity index (χ1) is 11.7. The highest BCUT2D eigenvalue weighted by Crippen LogP contribution is 2.16. The van der Waals surface area contributed by atoms with Crippen molar-refractivity contribution in [3.8, 4) is 0 Å². The number of hydrogen-bond donors (Lipinski definition) is 0. The molecule has 0 unspecified atom stereocenters. The lowest BCUT2D eigenvalue weighted by Crippen LogP contribution is -3.00. The van der Waals surface area contributed by atoms with Crippen LogP contribution in [0.25, 0.3) is 5.57 Å². The number of carbonyl (C=O) groups excluding carboxylic acids is 1. The molecular weight excluding hydrogens is 374 g/mol. The minimum atomic E-state index is 0. The lowest BCUT2D eigenvalue weighted by molar-refractivity contribution is -0.690. The van der Waals surface area contributed by atoms with Gasteiger partial charge in [0, 0.05) is 30.2 Å². The average molecular weight is 394 g/mol. The van der Waals surface area contributed by atoms with Gasteiger partial charge in [0.15, 0.2) is 24.2 Å². The number of allylic oxidation sites excluding steroid dienone is 2. The Bertz CT molecular complexity index is 857. The maximum Gasteiger partial charge on any atom is 0.186 e. The molecule has 2 nitrogen and oxygen atoms in total. The van der Waals surface area contributed by atoms with Crippen LogP contribution < -0.4 is 21.5 Å². The van der Waals surface area contributed by atoms with Crippen LogP contribution in [0.5, 0.6) is 0 Å². The van der Waals surface area contributed by atoms with E-state index in [9.17, 15) is 4.79 Å². The topological polar surface area (TPSA) is 20.9 Å². The Balaban J connectivity index is 0.00000225. The minimum Gasteiger partial charge on any atom is -1.00 e. The maximum atomic E-state index is 12.6. The van der Waals surface area contributed by atoms with Crippen molar-refractivity contribution in [2.75, 3.05) is 0 Å². The molecule has 0 atom stereocenters. The van der Waals surface area contributed by atoms with E-state index in [4.69, 9.17) is 0 Å². The maximum absolute atomic E-state index is 12.6. The standard InChI is InChI=1S/C22H20NO.BrH/c1-18-10-8-9-15-23(18)17-21(19-11-4-2-5-12-19)16-22(24)20-13-6-3-7-14-20;/h2-16H,17H2,1H3;1H/q+1;/p-1/b21-16+;. The molecule has 3 aromatic rings. The molecule has 0 fully saturated rings. The summed E-state index contributed by atoms with van der Waals surface area (Å²) in [7, 11) is 0. The van der Waals surface area contributed by atoms with Gasteiger partial charge in [-0.2, -0.15) is 4.57 Å². The van der Waals surface area contributed by atoms with Gasteiger partial charge in [0.05, 0.1) is 0 Å². The van der Waals surface area contributed by atoms with Gasteiger partial charge >= 0.3 is 0 Å². The van der Waals surface area contributed by atoms with E-state index in [-0.39, 0.29) is 22.8 Å². The number of hydrogen-bond acceptors (Lipinski definition) is 1. The van der Waals surface area contributed by atoms with Crippen molar-refractivity contribution in [1.29, 1.82) is 0 Å². The third-order valence-electron chi connectivity index (χ3n) is 4.02. The van der Waals surface area contributed by atoms with E-state index >= 15 is 0 Å². The fourth-order valence-corrected chi connectivity index (χ4v) is 2.64. The molecule has 0 saturated heterocycles. The predicted molar refractivity (Wildman–Crippen MR) is 96.6 cm³/mol. The van der Waals surface area contributed by atoms with Crippen molar-refractivity contribution in [3.05, 3.63) is 108 Å². The fraction of sp³-hybridized carbons (Fsp3) is 0.0909. The number of aromatic nitrogens is 1. The zero-order chi connectivity index (χ0) is 16.8. The number of aryl methyl sites for hydroxylation is 1. The van der Waals surface area contributed by atoms with Gasteiger partial charge in [0.2, 0.25) is 0 Å². The van der Waals surface area contributed by atoms with Gasteiger partial charge in [-0.15, -0.1) is 0 Å². The third-order valence-corrected chi connectivity index (χ3v) is 4.02. The molecule has 1 heterocycles. The first kappa shape index (κ1) is 18.8. The van der Waals surface area contributed by atoms with Crippen LogP contribution in [-0.4, -0.2) is 5.78 Å². The largest absolute Gasteiger partial charge is 1.00 e. The molecule has 3 heteroatoms. The zero-order valence-electron chi connectivity index (χ0n) is 14.1. The molecule has 0 aliphatic heterocycles. The molecule has 3 rings (SSSR count). The van der Waals surface area contributed by atoms with Gasteiger partial charge in [-0.1, -0.05) is 66.7 Å². The lowest BCUT2D eigenvalue weighted by Gasteiger charge is -2.07. The van der Waals surface area contributed by atoms with Gasteiger partial charge in [-0.3, -0.25) is 4.79 Å². The Morgan fingerprint density at radius 3 is 2.00 bits per heavy atom. The number of nitrogens with zero attached hydrogens (tertiary/aromatic N) is 1. The van der Waals surface area contributed by atoms with Crippen LogP contribution in [-0.2, 0) is 6.54 Å². The van der Waals surface area contributed by atoms with E-state index in [1.54, 1.807) is 6.08 Å². The van der Waals surface area contributed by atoms with Crippen LogP contribution in [0.3, 0.4) is 0 Å². The molecule has 0 saturated carbocycles. The number of halogens is 1. The summed E-state index contributed by atoms with van der Waals surface area (Å²) in [5.41, 5.74) is 3.94. The Hall–Kier alpha value is -2.52. The highest BCUT2D eigenvalue weighted by molar-refractivity contribution is 6.08. The molecule has 0 amide bonds. The summed E-state index contributed by atoms with van der Waals surface area (Å²) < 4.78 is 2.15. The van der Waals surface area contributed by atoms with E-state index in [2.05, 4.69) is 17.6 Å². The van der Waals surface area contributed by atoms with E-state index in [0.717, 1.165) is 16.8 Å². The lowest BCUT2D eigenvalue weighted by atomic mass is 10.0. The van der Waals surface area contributed by atoms with Gasteiger partial charge < -0.3 is 17.0 Å². The van der Waals surface area contributed by atoms with E-state index in [0.29, 0.717) is 12.1 Å². The van der Waals surface area contributed by atoms with Crippen molar-refractivity contribution in [1.82, 2.24) is 0 Å². The second kappa shape index (κ2) is 9.09. The van der Waals surface area contributed by atoms with Crippen molar-refractivity contribution < 1.29 is 26.3 Å². The van der Waals surface area contributed by atoms with E-state index in [1.807, 2.05) is 79.0 Å². The summed E-state index contributed by atoms with van der Waals surface area (Å²) in [5, 5.41) is 0. The second-order valence-electron chi connectivity index (χ2n) is 5.74. The van der Waals surface area contributed by atoms with Gasteiger partial charge in [0.25, 0.3) is 0 Å². The molecule has 0 spiro atoms. The highest BCUT2D eigenvalue weighted by atomic mass is 79.9. The van der Waals surface area contributed by atoms with Gasteiger partial charge in [-0.25, -0.2) is 0 Å². The SMILES string of the molecule is Cc1cccc[n+]1C/C(=C\C(=O)c1ccccc1)c1ccccc1.[Br-]. The average Bonchev–Trinajstić information content (AvgIpc) is 2.64. The van der Waals surface area contributed by atoms with Crippen molar-refractivity contribution in [3.63, 3.8) is 0 Å². The zero-order valence-corrected chi connectivity index (χ0v) is 15.7. The summed E-state index contributed by atoms with van der Waals surface area (Å²) in [6.45, 7) is 2.73. The number of ketones is 1. The van der Waals surface area contributed by atoms with Crippen LogP contribution in [0.2, 0.25) is 0 Å². The minimum absolute atomic E-state index is 0.